The van der Waals surface area contributed by atoms with Gasteiger partial charge in [-0.05, 0) is 6.42 Å². The van der Waals surface area contributed by atoms with E-state index in [0.717, 1.165) is 6.42 Å². The summed E-state index contributed by atoms with van der Waals surface area (Å²) in [6.45, 7) is 2.98. The van der Waals surface area contributed by atoms with Crippen molar-refractivity contribution in [2.75, 3.05) is 13.2 Å². The summed E-state index contributed by atoms with van der Waals surface area (Å²) in [5, 5.41) is 8.15. The van der Waals surface area contributed by atoms with Gasteiger partial charge in [-0.2, -0.15) is 5.26 Å². The highest BCUT2D eigenvalue weighted by Crippen LogP contribution is 2.28. The quantitative estimate of drug-likeness (QED) is 0.492. The summed E-state index contributed by atoms with van der Waals surface area (Å²) in [5.74, 6) is 0. The minimum Gasteiger partial charge on any atom is -0.322 e. The fourth-order valence-corrected chi connectivity index (χ4v) is 1.11. The maximum absolute atomic E-state index is 8.15. The first-order chi connectivity index (χ1) is 5.31. The number of hydrogen-bond donors (Lipinski definition) is 1. The van der Waals surface area contributed by atoms with Crippen LogP contribution in [-0.4, -0.2) is 13.2 Å². The normalized spacial score (nSPS) is 12.5. The van der Waals surface area contributed by atoms with E-state index in [2.05, 4.69) is 0 Å². The van der Waals surface area contributed by atoms with Crippen molar-refractivity contribution < 1.29 is 9.05 Å². The van der Waals surface area contributed by atoms with Gasteiger partial charge in [-0.3, -0.25) is 5.50 Å². The van der Waals surface area contributed by atoms with E-state index in [0.29, 0.717) is 19.6 Å². The second-order valence-electron chi connectivity index (χ2n) is 1.86. The van der Waals surface area contributed by atoms with E-state index >= 15 is 0 Å². The number of nitriles is 1. The second-order valence-corrected chi connectivity index (χ2v) is 2.95. The molecule has 0 heterocycles. The van der Waals surface area contributed by atoms with Gasteiger partial charge in [0.2, 0.25) is 0 Å². The molecule has 0 aromatic heterocycles. The smallest absolute Gasteiger partial charge is 0.252 e. The van der Waals surface area contributed by atoms with Gasteiger partial charge in [-0.1, -0.05) is 6.92 Å². The molecule has 0 rings (SSSR count). The Balaban J connectivity index is 3.10. The van der Waals surface area contributed by atoms with Crippen LogP contribution in [-0.2, 0) is 9.05 Å². The predicted molar refractivity (Wildman–Crippen MR) is 43.5 cm³/mol. The average molecular weight is 176 g/mol. The summed E-state index contributed by atoms with van der Waals surface area (Å²) >= 11 is 0. The zero-order valence-corrected chi connectivity index (χ0v) is 7.51. The van der Waals surface area contributed by atoms with Gasteiger partial charge < -0.3 is 9.05 Å². The van der Waals surface area contributed by atoms with E-state index in [1.54, 1.807) is 0 Å². The van der Waals surface area contributed by atoms with Crippen LogP contribution in [0.2, 0.25) is 0 Å². The van der Waals surface area contributed by atoms with Gasteiger partial charge in [0, 0.05) is 0 Å². The Morgan fingerprint density at radius 2 is 2.09 bits per heavy atom. The predicted octanol–water partition coefficient (Wildman–Crippen LogP) is 1.53. The summed E-state index contributed by atoms with van der Waals surface area (Å²) in [6.07, 6.45) is 1.29. The Labute approximate surface area is 68.3 Å². The molecule has 0 saturated heterocycles. The number of rotatable bonds is 6. The number of nitrogens with zero attached hydrogens (tertiary/aromatic N) is 1. The lowest BCUT2D eigenvalue weighted by atomic mass is 10.5. The van der Waals surface area contributed by atoms with E-state index in [4.69, 9.17) is 19.8 Å². The van der Waals surface area contributed by atoms with Gasteiger partial charge in [0.25, 0.3) is 8.53 Å². The highest BCUT2D eigenvalue weighted by molar-refractivity contribution is 7.44. The first-order valence-electron chi connectivity index (χ1n) is 3.48. The molecule has 0 radical (unpaired) electrons. The van der Waals surface area contributed by atoms with Gasteiger partial charge in [0.05, 0.1) is 25.7 Å². The van der Waals surface area contributed by atoms with Crippen LogP contribution in [0.3, 0.4) is 0 Å². The molecule has 0 bridgehead atoms. The van der Waals surface area contributed by atoms with Crippen LogP contribution in [0.4, 0.5) is 0 Å². The fourth-order valence-electron chi connectivity index (χ4n) is 0.400. The van der Waals surface area contributed by atoms with Crippen molar-refractivity contribution in [1.82, 2.24) is 0 Å². The van der Waals surface area contributed by atoms with Crippen molar-refractivity contribution in [2.45, 2.75) is 19.8 Å². The van der Waals surface area contributed by atoms with E-state index < -0.39 is 8.53 Å². The lowest BCUT2D eigenvalue weighted by molar-refractivity contribution is 0.254. The monoisotopic (exact) mass is 176 g/mol. The van der Waals surface area contributed by atoms with Crippen LogP contribution < -0.4 is 5.50 Å². The first kappa shape index (κ1) is 10.8. The second kappa shape index (κ2) is 7.90. The molecule has 11 heavy (non-hydrogen) atoms. The molecule has 0 fully saturated rings. The molecule has 2 N–H and O–H groups in total. The van der Waals surface area contributed by atoms with Crippen LogP contribution in [0.15, 0.2) is 0 Å². The van der Waals surface area contributed by atoms with Crippen molar-refractivity contribution in [2.24, 2.45) is 5.50 Å². The van der Waals surface area contributed by atoms with Crippen LogP contribution in [0.1, 0.15) is 19.8 Å². The molecule has 1 atom stereocenters. The first-order valence-corrected chi connectivity index (χ1v) is 4.73. The molecule has 0 aliphatic carbocycles. The molecule has 0 aromatic rings. The SMILES string of the molecule is CCCOP(N)OCCC#N. The van der Waals surface area contributed by atoms with Gasteiger partial charge in [0.15, 0.2) is 0 Å². The zero-order valence-electron chi connectivity index (χ0n) is 6.62. The molecule has 0 amide bonds. The summed E-state index contributed by atoms with van der Waals surface area (Å²) in [7, 11) is -1.25. The van der Waals surface area contributed by atoms with Crippen LogP contribution in [0, 0.1) is 11.3 Å². The molecule has 5 heteroatoms. The van der Waals surface area contributed by atoms with Crippen LogP contribution in [0.5, 0.6) is 0 Å². The van der Waals surface area contributed by atoms with Crippen molar-refractivity contribution in [3.63, 3.8) is 0 Å². The Kier molecular flexibility index (Phi) is 7.76. The summed E-state index contributed by atoms with van der Waals surface area (Å²) < 4.78 is 10.0. The molecule has 64 valence electrons. The minimum atomic E-state index is -1.25. The molecular formula is C6H13N2O2P. The third kappa shape index (κ3) is 7.70. The Morgan fingerprint density at radius 1 is 1.45 bits per heavy atom. The lowest BCUT2D eigenvalue weighted by Gasteiger charge is -2.09. The van der Waals surface area contributed by atoms with Crippen molar-refractivity contribution in [3.05, 3.63) is 0 Å². The summed E-state index contributed by atoms with van der Waals surface area (Å²) in [6, 6.07) is 1.95. The van der Waals surface area contributed by atoms with Gasteiger partial charge in [-0.15, -0.1) is 0 Å². The Morgan fingerprint density at radius 3 is 2.64 bits per heavy atom. The zero-order chi connectivity index (χ0) is 8.53. The van der Waals surface area contributed by atoms with Crippen molar-refractivity contribution >= 4 is 8.53 Å². The van der Waals surface area contributed by atoms with E-state index in [1.165, 1.54) is 0 Å². The highest BCUT2D eigenvalue weighted by atomic mass is 31.2. The lowest BCUT2D eigenvalue weighted by Crippen LogP contribution is -2.00. The molecular weight excluding hydrogens is 163 g/mol. The Bertz CT molecular complexity index is 126. The minimum absolute atomic E-state index is 0.364. The van der Waals surface area contributed by atoms with Crippen molar-refractivity contribution in [3.8, 4) is 6.07 Å². The van der Waals surface area contributed by atoms with Crippen LogP contribution >= 0.6 is 8.53 Å². The topological polar surface area (TPSA) is 68.3 Å². The molecule has 0 aliphatic heterocycles. The van der Waals surface area contributed by atoms with E-state index in [9.17, 15) is 0 Å². The Hall–Kier alpha value is -0.200. The molecule has 0 saturated carbocycles. The summed E-state index contributed by atoms with van der Waals surface area (Å²) in [4.78, 5) is 0. The largest absolute Gasteiger partial charge is 0.322 e. The standard InChI is InChI=1S/C6H13N2O2P/c1-2-5-9-11(8)10-6-3-4-7/h2-3,5-6,8H2,1H3. The molecule has 0 aromatic carbocycles. The molecule has 0 aliphatic rings. The van der Waals surface area contributed by atoms with Gasteiger partial charge in [0.1, 0.15) is 0 Å². The average Bonchev–Trinajstić information content (AvgIpc) is 2.01. The van der Waals surface area contributed by atoms with Gasteiger partial charge in [-0.25, -0.2) is 0 Å². The molecule has 1 unspecified atom stereocenters. The van der Waals surface area contributed by atoms with E-state index in [-0.39, 0.29) is 0 Å². The highest BCUT2D eigenvalue weighted by Gasteiger charge is 2.01. The maximum Gasteiger partial charge on any atom is 0.252 e. The fraction of sp³-hybridized carbons (Fsp3) is 0.833. The van der Waals surface area contributed by atoms with Gasteiger partial charge >= 0.3 is 0 Å². The number of nitrogens with two attached hydrogens (primary N) is 1. The molecule has 0 spiro atoms. The third-order valence-electron chi connectivity index (χ3n) is 0.855. The van der Waals surface area contributed by atoms with Crippen molar-refractivity contribution in [1.29, 1.82) is 5.26 Å². The van der Waals surface area contributed by atoms with E-state index in [1.807, 2.05) is 13.0 Å². The maximum atomic E-state index is 8.15. The molecule has 4 nitrogen and oxygen atoms in total. The van der Waals surface area contributed by atoms with Crippen LogP contribution in [0.25, 0.3) is 0 Å². The third-order valence-corrected chi connectivity index (χ3v) is 1.73. The number of hydrogen-bond acceptors (Lipinski definition) is 4. The summed E-state index contributed by atoms with van der Waals surface area (Å²) in [5.41, 5.74) is 5.41.